The van der Waals surface area contributed by atoms with Crippen LogP contribution in [0.25, 0.3) is 5.65 Å². The topological polar surface area (TPSA) is 39.4 Å². The second kappa shape index (κ2) is 2.79. The Morgan fingerprint density at radius 3 is 3.00 bits per heavy atom. The lowest BCUT2D eigenvalue weighted by molar-refractivity contribution is 0.395. The van der Waals surface area contributed by atoms with Crippen molar-refractivity contribution in [1.29, 1.82) is 0 Å². The lowest BCUT2D eigenvalue weighted by Crippen LogP contribution is -1.93. The van der Waals surface area contributed by atoms with Gasteiger partial charge in [-0.15, -0.1) is 6.42 Å². The zero-order chi connectivity index (χ0) is 9.26. The maximum atomic E-state index is 5.28. The Morgan fingerprint density at radius 2 is 2.31 bits per heavy atom. The Morgan fingerprint density at radius 1 is 1.46 bits per heavy atom. The van der Waals surface area contributed by atoms with Crippen molar-refractivity contribution in [3.05, 3.63) is 24.3 Å². The Balaban J connectivity index is 2.73. The van der Waals surface area contributed by atoms with Crippen molar-refractivity contribution in [2.24, 2.45) is 0 Å². The molecule has 2 aromatic heterocycles. The monoisotopic (exact) mass is 173 g/mol. The van der Waals surface area contributed by atoms with Gasteiger partial charge < -0.3 is 4.74 Å². The highest BCUT2D eigenvalue weighted by Gasteiger charge is 2.01. The number of terminal acetylenes is 1. The smallest absolute Gasteiger partial charge is 0.230 e. The van der Waals surface area contributed by atoms with E-state index in [2.05, 4.69) is 15.9 Å². The molecule has 2 rings (SSSR count). The van der Waals surface area contributed by atoms with E-state index >= 15 is 0 Å². The van der Waals surface area contributed by atoms with Gasteiger partial charge in [0, 0.05) is 0 Å². The highest BCUT2D eigenvalue weighted by atomic mass is 16.5. The third-order valence-corrected chi connectivity index (χ3v) is 1.73. The van der Waals surface area contributed by atoms with Crippen molar-refractivity contribution in [3.8, 4) is 18.2 Å². The maximum Gasteiger partial charge on any atom is 0.230 e. The number of nitrogens with zero attached hydrogens (tertiary/aromatic N) is 3. The molecule has 4 heteroatoms. The number of rotatable bonds is 1. The minimum atomic E-state index is 0.516. The van der Waals surface area contributed by atoms with Crippen LogP contribution < -0.4 is 4.74 Å². The van der Waals surface area contributed by atoms with Crippen LogP contribution in [-0.2, 0) is 0 Å². The normalized spacial score (nSPS) is 9.85. The molecule has 0 atom stereocenters. The first-order valence-electron chi connectivity index (χ1n) is 3.69. The van der Waals surface area contributed by atoms with Gasteiger partial charge in [0.05, 0.1) is 25.7 Å². The number of aromatic nitrogens is 3. The van der Waals surface area contributed by atoms with Gasteiger partial charge >= 0.3 is 0 Å². The fourth-order valence-corrected chi connectivity index (χ4v) is 1.08. The molecular weight excluding hydrogens is 166 g/mol. The van der Waals surface area contributed by atoms with Crippen molar-refractivity contribution in [2.75, 3.05) is 7.11 Å². The average Bonchev–Trinajstić information content (AvgIpc) is 2.59. The van der Waals surface area contributed by atoms with Gasteiger partial charge in [-0.05, 0) is 0 Å². The summed E-state index contributed by atoms with van der Waals surface area (Å²) in [5.74, 6) is 3.03. The quantitative estimate of drug-likeness (QED) is 0.596. The van der Waals surface area contributed by atoms with Crippen molar-refractivity contribution >= 4 is 5.65 Å². The van der Waals surface area contributed by atoms with Crippen LogP contribution in [0.2, 0.25) is 0 Å². The van der Waals surface area contributed by atoms with Crippen molar-refractivity contribution < 1.29 is 4.74 Å². The summed E-state index contributed by atoms with van der Waals surface area (Å²) in [4.78, 5) is 8.07. The van der Waals surface area contributed by atoms with Crippen LogP contribution >= 0.6 is 0 Å². The molecule has 2 heterocycles. The maximum absolute atomic E-state index is 5.28. The van der Waals surface area contributed by atoms with E-state index in [9.17, 15) is 0 Å². The molecule has 4 nitrogen and oxygen atoms in total. The summed E-state index contributed by atoms with van der Waals surface area (Å²) in [6.45, 7) is 0. The van der Waals surface area contributed by atoms with Crippen LogP contribution in [0.4, 0.5) is 0 Å². The Bertz CT molecular complexity index is 481. The van der Waals surface area contributed by atoms with Crippen LogP contribution in [0.1, 0.15) is 5.69 Å². The van der Waals surface area contributed by atoms with E-state index in [1.54, 1.807) is 30.1 Å². The summed E-state index contributed by atoms with van der Waals surface area (Å²) < 4.78 is 6.72. The molecule has 0 bridgehead atoms. The minimum absolute atomic E-state index is 0.516. The second-order valence-corrected chi connectivity index (χ2v) is 2.45. The van der Waals surface area contributed by atoms with Gasteiger partial charge in [0.15, 0.2) is 5.65 Å². The van der Waals surface area contributed by atoms with Crippen LogP contribution in [0, 0.1) is 12.3 Å². The largest absolute Gasteiger partial charge is 0.480 e. The first-order valence-corrected chi connectivity index (χ1v) is 3.69. The predicted molar refractivity (Wildman–Crippen MR) is 47.5 cm³/mol. The van der Waals surface area contributed by atoms with Crippen LogP contribution in [0.5, 0.6) is 5.88 Å². The lowest BCUT2D eigenvalue weighted by atomic mass is 10.5. The SMILES string of the molecule is C#Cc1cnc2cnc(OC)cn12. The molecule has 0 amide bonds. The Kier molecular flexibility index (Phi) is 1.64. The van der Waals surface area contributed by atoms with E-state index < -0.39 is 0 Å². The predicted octanol–water partition coefficient (Wildman–Crippen LogP) is 0.719. The highest BCUT2D eigenvalue weighted by molar-refractivity contribution is 5.43. The molecule has 2 aromatic rings. The first kappa shape index (κ1) is 7.62. The van der Waals surface area contributed by atoms with E-state index in [0.717, 1.165) is 0 Å². The number of hydrogen-bond donors (Lipinski definition) is 0. The van der Waals surface area contributed by atoms with Crippen molar-refractivity contribution in [2.45, 2.75) is 0 Å². The van der Waals surface area contributed by atoms with E-state index in [4.69, 9.17) is 11.2 Å². The third-order valence-electron chi connectivity index (χ3n) is 1.73. The van der Waals surface area contributed by atoms with Gasteiger partial charge in [-0.1, -0.05) is 5.92 Å². The summed E-state index contributed by atoms with van der Waals surface area (Å²) in [5, 5.41) is 0. The van der Waals surface area contributed by atoms with Gasteiger partial charge in [-0.25, -0.2) is 9.97 Å². The molecule has 0 aliphatic rings. The Labute approximate surface area is 75.2 Å². The second-order valence-electron chi connectivity index (χ2n) is 2.45. The lowest BCUT2D eigenvalue weighted by Gasteiger charge is -1.99. The number of hydrogen-bond acceptors (Lipinski definition) is 3. The van der Waals surface area contributed by atoms with Crippen molar-refractivity contribution in [3.63, 3.8) is 0 Å². The van der Waals surface area contributed by atoms with Gasteiger partial charge in [-0.2, -0.15) is 0 Å². The number of ether oxygens (including phenoxy) is 1. The van der Waals surface area contributed by atoms with Crippen LogP contribution in [0.3, 0.4) is 0 Å². The number of imidazole rings is 1. The Hall–Kier alpha value is -2.02. The minimum Gasteiger partial charge on any atom is -0.480 e. The number of fused-ring (bicyclic) bond motifs is 1. The average molecular weight is 173 g/mol. The van der Waals surface area contributed by atoms with Gasteiger partial charge in [0.2, 0.25) is 5.88 Å². The number of methoxy groups -OCH3 is 1. The summed E-state index contributed by atoms with van der Waals surface area (Å²) >= 11 is 0. The van der Waals surface area contributed by atoms with E-state index in [1.807, 2.05) is 0 Å². The highest BCUT2D eigenvalue weighted by Crippen LogP contribution is 2.09. The first-order chi connectivity index (χ1) is 6.35. The molecule has 0 aliphatic carbocycles. The zero-order valence-corrected chi connectivity index (χ0v) is 7.06. The molecular formula is C9H7N3O. The molecule has 0 aromatic carbocycles. The summed E-state index contributed by atoms with van der Waals surface area (Å²) in [7, 11) is 1.56. The van der Waals surface area contributed by atoms with E-state index in [0.29, 0.717) is 17.2 Å². The van der Waals surface area contributed by atoms with Crippen LogP contribution in [0.15, 0.2) is 18.6 Å². The molecule has 0 N–H and O–H groups in total. The molecule has 0 unspecified atom stereocenters. The summed E-state index contributed by atoms with van der Waals surface area (Å²) in [6.07, 6.45) is 10.2. The molecule has 13 heavy (non-hydrogen) atoms. The molecule has 0 aliphatic heterocycles. The molecule has 0 saturated heterocycles. The fraction of sp³-hybridized carbons (Fsp3) is 0.111. The molecule has 0 spiro atoms. The third kappa shape index (κ3) is 1.11. The van der Waals surface area contributed by atoms with Gasteiger partial charge in [0.25, 0.3) is 0 Å². The van der Waals surface area contributed by atoms with Gasteiger partial charge in [0.1, 0.15) is 5.69 Å². The van der Waals surface area contributed by atoms with Crippen LogP contribution in [-0.4, -0.2) is 21.5 Å². The fourth-order valence-electron chi connectivity index (χ4n) is 1.08. The molecule has 0 radical (unpaired) electrons. The van der Waals surface area contributed by atoms with Crippen molar-refractivity contribution in [1.82, 2.24) is 14.4 Å². The van der Waals surface area contributed by atoms with Gasteiger partial charge in [-0.3, -0.25) is 4.40 Å². The molecule has 64 valence electrons. The van der Waals surface area contributed by atoms with E-state index in [-0.39, 0.29) is 0 Å². The van der Waals surface area contributed by atoms with E-state index in [1.165, 1.54) is 0 Å². The standard InChI is InChI=1S/C9H7N3O/c1-3-7-4-10-8-5-11-9(13-2)6-12(7)8/h1,4-6H,2H3. The molecule has 0 saturated carbocycles. The summed E-state index contributed by atoms with van der Waals surface area (Å²) in [6, 6.07) is 0. The zero-order valence-electron chi connectivity index (χ0n) is 7.06. The summed E-state index contributed by atoms with van der Waals surface area (Å²) in [5.41, 5.74) is 1.41. The molecule has 0 fully saturated rings.